The lowest BCUT2D eigenvalue weighted by atomic mass is 10.1. The summed E-state index contributed by atoms with van der Waals surface area (Å²) in [6.45, 7) is 8.80. The number of carbonyl (C=O) groups excluding carboxylic acids is 2. The van der Waals surface area contributed by atoms with E-state index in [2.05, 4.69) is 16.6 Å². The number of allylic oxidation sites excluding steroid dienone is 1. The van der Waals surface area contributed by atoms with Gasteiger partial charge in [-0.25, -0.2) is 4.79 Å². The highest BCUT2D eigenvalue weighted by molar-refractivity contribution is 5.88. The summed E-state index contributed by atoms with van der Waals surface area (Å²) in [7, 11) is 1.33. The van der Waals surface area contributed by atoms with E-state index in [-0.39, 0.29) is 11.8 Å². The van der Waals surface area contributed by atoms with E-state index in [1.54, 1.807) is 6.08 Å². The van der Waals surface area contributed by atoms with E-state index in [1.807, 2.05) is 13.8 Å². The molecule has 0 heterocycles. The van der Waals surface area contributed by atoms with E-state index in [0.717, 1.165) is 5.57 Å². The molecule has 4 heteroatoms. The van der Waals surface area contributed by atoms with Crippen molar-refractivity contribution in [1.29, 1.82) is 0 Å². The molecule has 0 fully saturated rings. The molecule has 0 aromatic carbocycles. The van der Waals surface area contributed by atoms with Gasteiger partial charge < -0.3 is 10.1 Å². The molecule has 0 saturated heterocycles. The Balaban J connectivity index is 4.81. The summed E-state index contributed by atoms with van der Waals surface area (Å²) in [5, 5.41) is 3.05. The van der Waals surface area contributed by atoms with Crippen LogP contribution >= 0.6 is 0 Å². The third-order valence-corrected chi connectivity index (χ3v) is 2.22. The summed E-state index contributed by atoms with van der Waals surface area (Å²) in [6, 6.07) is -0.117. The first-order valence-electron chi connectivity index (χ1n) is 5.55. The fourth-order valence-electron chi connectivity index (χ4n) is 1.46. The number of carbonyl (C=O) groups is 2. The highest BCUT2D eigenvalue weighted by Gasteiger charge is 2.17. The van der Waals surface area contributed by atoms with Crippen molar-refractivity contribution in [3.8, 4) is 0 Å². The van der Waals surface area contributed by atoms with Crippen LogP contribution in [0, 0.1) is 0 Å². The van der Waals surface area contributed by atoms with E-state index in [0.29, 0.717) is 18.5 Å². The van der Waals surface area contributed by atoms with Crippen molar-refractivity contribution in [3.05, 3.63) is 23.9 Å². The Bertz CT molecular complexity index is 328. The first-order valence-corrected chi connectivity index (χ1v) is 5.55. The molecule has 0 aromatic rings. The summed E-state index contributed by atoms with van der Waals surface area (Å²) in [6.07, 6.45) is 2.70. The molecule has 1 N–H and O–H groups in total. The lowest BCUT2D eigenvalue weighted by Gasteiger charge is -2.19. The van der Waals surface area contributed by atoms with Crippen molar-refractivity contribution >= 4 is 11.8 Å². The molecule has 0 radical (unpaired) electrons. The Morgan fingerprint density at radius 3 is 2.29 bits per heavy atom. The highest BCUT2D eigenvalue weighted by atomic mass is 16.5. The van der Waals surface area contributed by atoms with Gasteiger partial charge in [0, 0.05) is 12.5 Å². The summed E-state index contributed by atoms with van der Waals surface area (Å²) < 4.78 is 4.69. The van der Waals surface area contributed by atoms with Gasteiger partial charge in [-0.05, 0) is 32.8 Å². The van der Waals surface area contributed by atoms with Crippen LogP contribution in [-0.4, -0.2) is 24.9 Å². The lowest BCUT2D eigenvalue weighted by molar-refractivity contribution is -0.136. The maximum atomic E-state index is 11.5. The minimum absolute atomic E-state index is 0.0716. The number of nitrogens with one attached hydrogen (secondary N) is 1. The Morgan fingerprint density at radius 1 is 1.35 bits per heavy atom. The largest absolute Gasteiger partial charge is 0.464 e. The summed E-state index contributed by atoms with van der Waals surface area (Å²) in [5.74, 6) is -0.343. The van der Waals surface area contributed by atoms with Crippen molar-refractivity contribution < 1.29 is 14.3 Å². The topological polar surface area (TPSA) is 55.4 Å². The minimum atomic E-state index is -0.414. The predicted octanol–water partition coefficient (Wildman–Crippen LogP) is 1.97. The molecule has 1 atom stereocenters. The van der Waals surface area contributed by atoms with Crippen molar-refractivity contribution in [3.63, 3.8) is 0 Å². The van der Waals surface area contributed by atoms with Crippen LogP contribution in [0.1, 0.15) is 33.6 Å². The normalized spacial score (nSPS) is 11.3. The van der Waals surface area contributed by atoms with Gasteiger partial charge in [0.2, 0.25) is 0 Å². The fraction of sp³-hybridized carbons (Fsp3) is 0.538. The second-order valence-electron chi connectivity index (χ2n) is 4.14. The van der Waals surface area contributed by atoms with Gasteiger partial charge in [-0.15, -0.1) is 6.58 Å². The van der Waals surface area contributed by atoms with Crippen LogP contribution in [0.4, 0.5) is 0 Å². The predicted molar refractivity (Wildman–Crippen MR) is 67.4 cm³/mol. The molecule has 0 spiro atoms. The average Bonchev–Trinajstić information content (AvgIpc) is 2.23. The quantitative estimate of drug-likeness (QED) is 0.419. The van der Waals surface area contributed by atoms with Gasteiger partial charge in [0.25, 0.3) is 0 Å². The third kappa shape index (κ3) is 5.90. The minimum Gasteiger partial charge on any atom is -0.464 e. The molecule has 0 saturated carbocycles. The second-order valence-corrected chi connectivity index (χ2v) is 4.14. The number of ether oxygens (including phenoxy) is 1. The smallest absolute Gasteiger partial charge is 0.354 e. The van der Waals surface area contributed by atoms with Gasteiger partial charge in [-0.3, -0.25) is 4.79 Å². The first-order chi connectivity index (χ1) is 7.92. The summed E-state index contributed by atoms with van der Waals surface area (Å²) in [5.41, 5.74) is 1.25. The molecule has 0 aliphatic heterocycles. The molecule has 0 aliphatic rings. The average molecular weight is 239 g/mol. The van der Waals surface area contributed by atoms with E-state index < -0.39 is 5.97 Å². The molecule has 0 aromatic heterocycles. The second kappa shape index (κ2) is 7.65. The van der Waals surface area contributed by atoms with Gasteiger partial charge in [0.1, 0.15) is 11.5 Å². The SMILES string of the molecule is C=CC[C@H](CC(C)=O)NC(C(=O)OC)=C(C)C. The van der Waals surface area contributed by atoms with Gasteiger partial charge in [0.05, 0.1) is 7.11 Å². The van der Waals surface area contributed by atoms with Crippen LogP contribution < -0.4 is 5.32 Å². The maximum Gasteiger partial charge on any atom is 0.354 e. The molecular weight excluding hydrogens is 218 g/mol. The Morgan fingerprint density at radius 2 is 1.94 bits per heavy atom. The molecule has 0 amide bonds. The summed E-state index contributed by atoms with van der Waals surface area (Å²) >= 11 is 0. The molecule has 4 nitrogen and oxygen atoms in total. The summed E-state index contributed by atoms with van der Waals surface area (Å²) in [4.78, 5) is 22.6. The van der Waals surface area contributed by atoms with Crippen LogP contribution in [0.5, 0.6) is 0 Å². The zero-order valence-corrected chi connectivity index (χ0v) is 11.0. The Kier molecular flexibility index (Phi) is 6.94. The molecule has 0 rings (SSSR count). The van der Waals surface area contributed by atoms with Gasteiger partial charge in [-0.1, -0.05) is 6.08 Å². The van der Waals surface area contributed by atoms with E-state index in [1.165, 1.54) is 14.0 Å². The van der Waals surface area contributed by atoms with E-state index in [4.69, 9.17) is 0 Å². The maximum absolute atomic E-state index is 11.5. The number of ketones is 1. The van der Waals surface area contributed by atoms with E-state index >= 15 is 0 Å². The number of hydrogen-bond donors (Lipinski definition) is 1. The highest BCUT2D eigenvalue weighted by Crippen LogP contribution is 2.08. The molecular formula is C13H21NO3. The lowest BCUT2D eigenvalue weighted by Crippen LogP contribution is -2.34. The Hall–Kier alpha value is -1.58. The van der Waals surface area contributed by atoms with Crippen LogP contribution in [0.25, 0.3) is 0 Å². The van der Waals surface area contributed by atoms with Crippen molar-refractivity contribution in [1.82, 2.24) is 5.32 Å². The van der Waals surface area contributed by atoms with Gasteiger partial charge in [0.15, 0.2) is 0 Å². The molecule has 0 unspecified atom stereocenters. The van der Waals surface area contributed by atoms with Crippen LogP contribution in [-0.2, 0) is 14.3 Å². The van der Waals surface area contributed by atoms with Gasteiger partial charge >= 0.3 is 5.97 Å². The van der Waals surface area contributed by atoms with Crippen LogP contribution in [0.2, 0.25) is 0 Å². The molecule has 0 bridgehead atoms. The van der Waals surface area contributed by atoms with E-state index in [9.17, 15) is 9.59 Å². The van der Waals surface area contributed by atoms with Crippen LogP contribution in [0.3, 0.4) is 0 Å². The zero-order valence-electron chi connectivity index (χ0n) is 11.0. The third-order valence-electron chi connectivity index (χ3n) is 2.22. The molecule has 0 aliphatic carbocycles. The number of methoxy groups -OCH3 is 1. The number of Topliss-reactive ketones (excluding diaryl/α,β-unsaturated/α-hetero) is 1. The standard InChI is InChI=1S/C13H21NO3/c1-6-7-11(8-10(4)15)14-12(9(2)3)13(16)17-5/h6,11,14H,1,7-8H2,2-5H3/t11-/m1/s1. The first kappa shape index (κ1) is 15.4. The number of rotatable bonds is 7. The van der Waals surface area contributed by atoms with Crippen molar-refractivity contribution in [2.75, 3.05) is 7.11 Å². The number of esters is 1. The van der Waals surface area contributed by atoms with Gasteiger partial charge in [-0.2, -0.15) is 0 Å². The molecule has 96 valence electrons. The number of hydrogen-bond acceptors (Lipinski definition) is 4. The monoisotopic (exact) mass is 239 g/mol. The fourth-order valence-corrected chi connectivity index (χ4v) is 1.46. The zero-order chi connectivity index (χ0) is 13.4. The van der Waals surface area contributed by atoms with Crippen molar-refractivity contribution in [2.45, 2.75) is 39.7 Å². The van der Waals surface area contributed by atoms with Crippen LogP contribution in [0.15, 0.2) is 23.9 Å². The molecule has 17 heavy (non-hydrogen) atoms. The van der Waals surface area contributed by atoms with Crippen molar-refractivity contribution in [2.24, 2.45) is 0 Å². The Labute approximate surface area is 103 Å².